The lowest BCUT2D eigenvalue weighted by Crippen LogP contribution is -2.44. The average molecular weight is 351 g/mol. The third kappa shape index (κ3) is 3.32. The molecule has 0 aromatic heterocycles. The molecule has 2 atom stereocenters. The van der Waals surface area contributed by atoms with Gasteiger partial charge in [0.1, 0.15) is 0 Å². The van der Waals surface area contributed by atoms with E-state index >= 15 is 0 Å². The minimum atomic E-state index is -4.47. The molecular formula is C13H14BrF3N2O. The van der Waals surface area contributed by atoms with E-state index in [1.54, 1.807) is 0 Å². The van der Waals surface area contributed by atoms with Crippen molar-refractivity contribution in [3.63, 3.8) is 0 Å². The summed E-state index contributed by atoms with van der Waals surface area (Å²) in [5.74, 6) is -0.537. The summed E-state index contributed by atoms with van der Waals surface area (Å²) in [6.45, 7) is 0. The van der Waals surface area contributed by atoms with Crippen LogP contribution in [0.15, 0.2) is 22.7 Å². The van der Waals surface area contributed by atoms with Crippen molar-refractivity contribution >= 4 is 21.8 Å². The lowest BCUT2D eigenvalue weighted by molar-refractivity contribution is -0.137. The number of nitrogens with two attached hydrogens (primary N) is 1. The van der Waals surface area contributed by atoms with Crippen molar-refractivity contribution in [2.24, 2.45) is 5.73 Å². The van der Waals surface area contributed by atoms with E-state index in [9.17, 15) is 18.0 Å². The number of halogens is 4. The largest absolute Gasteiger partial charge is 0.416 e. The fourth-order valence-electron chi connectivity index (χ4n) is 2.29. The Labute approximate surface area is 122 Å². The van der Waals surface area contributed by atoms with Gasteiger partial charge in [-0.2, -0.15) is 13.2 Å². The second-order valence-corrected chi connectivity index (χ2v) is 5.72. The van der Waals surface area contributed by atoms with Crippen LogP contribution in [0.5, 0.6) is 0 Å². The van der Waals surface area contributed by atoms with Crippen molar-refractivity contribution in [2.75, 3.05) is 0 Å². The number of hydrogen-bond acceptors (Lipinski definition) is 2. The van der Waals surface area contributed by atoms with Crippen LogP contribution in [0.4, 0.5) is 13.2 Å². The number of alkyl halides is 3. The number of hydrogen-bond donors (Lipinski definition) is 2. The van der Waals surface area contributed by atoms with E-state index < -0.39 is 17.6 Å². The molecule has 7 heteroatoms. The van der Waals surface area contributed by atoms with Crippen molar-refractivity contribution in [2.45, 2.75) is 37.5 Å². The zero-order valence-electron chi connectivity index (χ0n) is 10.5. The number of benzene rings is 1. The molecular weight excluding hydrogens is 337 g/mol. The Kier molecular flexibility index (Phi) is 4.39. The molecule has 3 N–H and O–H groups in total. The highest BCUT2D eigenvalue weighted by Gasteiger charge is 2.32. The molecule has 1 aliphatic rings. The van der Waals surface area contributed by atoms with Gasteiger partial charge in [0.15, 0.2) is 0 Å². The molecule has 20 heavy (non-hydrogen) atoms. The van der Waals surface area contributed by atoms with Crippen LogP contribution in [-0.4, -0.2) is 18.0 Å². The Hall–Kier alpha value is -1.08. The number of amides is 1. The van der Waals surface area contributed by atoms with Gasteiger partial charge in [-0.1, -0.05) is 0 Å². The van der Waals surface area contributed by atoms with Crippen LogP contribution in [0.3, 0.4) is 0 Å². The van der Waals surface area contributed by atoms with E-state index in [1.165, 1.54) is 6.07 Å². The zero-order chi connectivity index (χ0) is 14.9. The molecule has 110 valence electrons. The first-order valence-electron chi connectivity index (χ1n) is 6.22. The Bertz CT molecular complexity index is 519. The van der Waals surface area contributed by atoms with Gasteiger partial charge in [0.2, 0.25) is 0 Å². The predicted molar refractivity (Wildman–Crippen MR) is 72.2 cm³/mol. The van der Waals surface area contributed by atoms with Crippen molar-refractivity contribution in [1.82, 2.24) is 5.32 Å². The van der Waals surface area contributed by atoms with Gasteiger partial charge in [0.05, 0.1) is 11.1 Å². The molecule has 0 bridgehead atoms. The molecule has 0 saturated heterocycles. The fraction of sp³-hybridized carbons (Fsp3) is 0.462. The van der Waals surface area contributed by atoms with Crippen LogP contribution in [0, 0.1) is 0 Å². The Balaban J connectivity index is 2.20. The topological polar surface area (TPSA) is 55.1 Å². The second kappa shape index (κ2) is 5.73. The van der Waals surface area contributed by atoms with Gasteiger partial charge in [-0.3, -0.25) is 4.79 Å². The summed E-state index contributed by atoms with van der Waals surface area (Å²) in [5.41, 5.74) is 4.96. The third-order valence-corrected chi connectivity index (χ3v) is 4.12. The number of carbonyl (C=O) groups is 1. The van der Waals surface area contributed by atoms with Crippen LogP contribution >= 0.6 is 15.9 Å². The third-order valence-electron chi connectivity index (χ3n) is 3.42. The van der Waals surface area contributed by atoms with Crippen LogP contribution in [-0.2, 0) is 6.18 Å². The number of carbonyl (C=O) groups excluding carboxylic acids is 1. The molecule has 1 aromatic rings. The van der Waals surface area contributed by atoms with Gasteiger partial charge < -0.3 is 11.1 Å². The second-order valence-electron chi connectivity index (χ2n) is 4.87. The summed E-state index contributed by atoms with van der Waals surface area (Å²) in [7, 11) is 0. The highest BCUT2D eigenvalue weighted by molar-refractivity contribution is 9.10. The Morgan fingerprint density at radius 2 is 2.05 bits per heavy atom. The SMILES string of the molecule is NC1CCCC1NC(=O)c1cc(C(F)(F)F)ccc1Br. The fourth-order valence-corrected chi connectivity index (χ4v) is 2.72. The maximum atomic E-state index is 12.7. The van der Waals surface area contributed by atoms with E-state index in [0.717, 1.165) is 31.4 Å². The van der Waals surface area contributed by atoms with E-state index in [1.807, 2.05) is 0 Å². The Morgan fingerprint density at radius 1 is 1.35 bits per heavy atom. The molecule has 1 saturated carbocycles. The van der Waals surface area contributed by atoms with E-state index in [0.29, 0.717) is 4.47 Å². The van der Waals surface area contributed by atoms with Crippen LogP contribution in [0.2, 0.25) is 0 Å². The molecule has 0 radical (unpaired) electrons. The van der Waals surface area contributed by atoms with E-state index in [4.69, 9.17) is 5.73 Å². The average Bonchev–Trinajstić information content (AvgIpc) is 2.74. The Morgan fingerprint density at radius 3 is 2.60 bits per heavy atom. The molecule has 1 amide bonds. The number of rotatable bonds is 2. The van der Waals surface area contributed by atoms with Crippen molar-refractivity contribution < 1.29 is 18.0 Å². The van der Waals surface area contributed by atoms with Gasteiger partial charge in [0.25, 0.3) is 5.91 Å². The summed E-state index contributed by atoms with van der Waals surface area (Å²) in [5, 5.41) is 2.70. The van der Waals surface area contributed by atoms with Crippen LogP contribution in [0.25, 0.3) is 0 Å². The van der Waals surface area contributed by atoms with E-state index in [-0.39, 0.29) is 17.6 Å². The first-order chi connectivity index (χ1) is 9.29. The molecule has 0 aliphatic heterocycles. The molecule has 2 unspecified atom stereocenters. The monoisotopic (exact) mass is 350 g/mol. The molecule has 0 spiro atoms. The summed E-state index contributed by atoms with van der Waals surface area (Å²) in [6, 6.07) is 2.70. The van der Waals surface area contributed by atoms with E-state index in [2.05, 4.69) is 21.2 Å². The minimum absolute atomic E-state index is 0.0288. The minimum Gasteiger partial charge on any atom is -0.348 e. The summed E-state index contributed by atoms with van der Waals surface area (Å²) in [4.78, 5) is 12.1. The van der Waals surface area contributed by atoms with Crippen LogP contribution in [0.1, 0.15) is 35.2 Å². The summed E-state index contributed by atoms with van der Waals surface area (Å²) >= 11 is 3.10. The highest BCUT2D eigenvalue weighted by Crippen LogP contribution is 2.32. The quantitative estimate of drug-likeness (QED) is 0.861. The first-order valence-corrected chi connectivity index (χ1v) is 7.01. The smallest absolute Gasteiger partial charge is 0.348 e. The zero-order valence-corrected chi connectivity index (χ0v) is 12.1. The molecule has 3 nitrogen and oxygen atoms in total. The molecule has 1 aromatic carbocycles. The molecule has 2 rings (SSSR count). The summed E-state index contributed by atoms with van der Waals surface area (Å²) in [6.07, 6.45) is -1.99. The van der Waals surface area contributed by atoms with Crippen molar-refractivity contribution in [1.29, 1.82) is 0 Å². The predicted octanol–water partition coefficient (Wildman–Crippen LogP) is 3.08. The van der Waals surface area contributed by atoms with Gasteiger partial charge in [0, 0.05) is 16.6 Å². The van der Waals surface area contributed by atoms with Gasteiger partial charge in [-0.15, -0.1) is 0 Å². The lowest BCUT2D eigenvalue weighted by Gasteiger charge is -2.18. The van der Waals surface area contributed by atoms with Crippen molar-refractivity contribution in [3.05, 3.63) is 33.8 Å². The van der Waals surface area contributed by atoms with Crippen molar-refractivity contribution in [3.8, 4) is 0 Å². The first kappa shape index (κ1) is 15.3. The molecule has 0 heterocycles. The molecule has 1 aliphatic carbocycles. The van der Waals surface area contributed by atoms with Gasteiger partial charge >= 0.3 is 6.18 Å². The summed E-state index contributed by atoms with van der Waals surface area (Å²) < 4.78 is 38.3. The standard InChI is InChI=1S/C13H14BrF3N2O/c14-9-5-4-7(13(15,16)17)6-8(9)12(20)19-11-3-1-2-10(11)18/h4-6,10-11H,1-3,18H2,(H,19,20). The maximum absolute atomic E-state index is 12.7. The highest BCUT2D eigenvalue weighted by atomic mass is 79.9. The van der Waals surface area contributed by atoms with Crippen LogP contribution < -0.4 is 11.1 Å². The number of nitrogens with one attached hydrogen (secondary N) is 1. The normalized spacial score (nSPS) is 22.9. The molecule has 1 fully saturated rings. The van der Waals surface area contributed by atoms with Gasteiger partial charge in [-0.25, -0.2) is 0 Å². The maximum Gasteiger partial charge on any atom is 0.416 e. The lowest BCUT2D eigenvalue weighted by atomic mass is 10.1. The van der Waals surface area contributed by atoms with Gasteiger partial charge in [-0.05, 0) is 53.4 Å².